The number of rotatable bonds is 11. The smallest absolute Gasteiger partial charge is 0.271 e. The molecule has 1 amide bonds. The fourth-order valence-electron chi connectivity index (χ4n) is 2.58. The van der Waals surface area contributed by atoms with Gasteiger partial charge in [0.1, 0.15) is 11.6 Å². The maximum Gasteiger partial charge on any atom is 0.271 e. The Hall–Kier alpha value is -2.69. The molecular weight excluding hydrogens is 343 g/mol. The monoisotopic (exact) mass is 370 g/mol. The van der Waals surface area contributed by atoms with Gasteiger partial charge in [0.05, 0.1) is 12.8 Å². The van der Waals surface area contributed by atoms with Crippen LogP contribution in [-0.2, 0) is 0 Å². The second-order valence-corrected chi connectivity index (χ2v) is 6.39. The van der Waals surface area contributed by atoms with E-state index in [1.807, 2.05) is 24.3 Å². The summed E-state index contributed by atoms with van der Waals surface area (Å²) >= 11 is 0. The number of nitrogens with zero attached hydrogens (tertiary/aromatic N) is 1. The zero-order valence-electron chi connectivity index (χ0n) is 15.8. The Morgan fingerprint density at radius 2 is 1.81 bits per heavy atom. The van der Waals surface area contributed by atoms with E-state index in [-0.39, 0.29) is 5.56 Å². The molecule has 0 saturated heterocycles. The van der Waals surface area contributed by atoms with Crippen LogP contribution < -0.4 is 10.2 Å². The van der Waals surface area contributed by atoms with Gasteiger partial charge in [-0.3, -0.25) is 4.79 Å². The molecule has 0 spiro atoms. The highest BCUT2D eigenvalue weighted by molar-refractivity contribution is 5.94. The van der Waals surface area contributed by atoms with Gasteiger partial charge in [0.2, 0.25) is 0 Å². The molecular formula is C22H27FN2O2. The van der Waals surface area contributed by atoms with Crippen LogP contribution in [0.3, 0.4) is 0 Å². The average molecular weight is 370 g/mol. The molecule has 0 saturated carbocycles. The first-order valence-electron chi connectivity index (χ1n) is 9.51. The number of ether oxygens (including phenoxy) is 1. The second-order valence-electron chi connectivity index (χ2n) is 6.39. The minimum absolute atomic E-state index is 0.227. The van der Waals surface area contributed by atoms with E-state index in [0.717, 1.165) is 24.3 Å². The minimum atomic E-state index is -0.455. The van der Waals surface area contributed by atoms with Gasteiger partial charge in [-0.1, -0.05) is 45.1 Å². The maximum absolute atomic E-state index is 13.1. The highest BCUT2D eigenvalue weighted by Crippen LogP contribution is 2.12. The molecule has 0 atom stereocenters. The van der Waals surface area contributed by atoms with Crippen molar-refractivity contribution in [3.63, 3.8) is 0 Å². The Morgan fingerprint density at radius 3 is 2.56 bits per heavy atom. The van der Waals surface area contributed by atoms with Crippen molar-refractivity contribution in [2.24, 2.45) is 5.10 Å². The molecule has 0 heterocycles. The molecule has 5 heteroatoms. The number of carbonyl (C=O) groups excluding carboxylic acids is 1. The van der Waals surface area contributed by atoms with Crippen LogP contribution >= 0.6 is 0 Å². The molecule has 0 aliphatic carbocycles. The van der Waals surface area contributed by atoms with E-state index < -0.39 is 11.7 Å². The molecule has 1 N–H and O–H groups in total. The van der Waals surface area contributed by atoms with Gasteiger partial charge in [-0.25, -0.2) is 9.82 Å². The Kier molecular flexibility index (Phi) is 9.04. The first kappa shape index (κ1) is 20.6. The first-order valence-corrected chi connectivity index (χ1v) is 9.51. The van der Waals surface area contributed by atoms with E-state index in [9.17, 15) is 9.18 Å². The predicted octanol–water partition coefficient (Wildman–Crippen LogP) is 5.33. The topological polar surface area (TPSA) is 50.7 Å². The van der Waals surface area contributed by atoms with Gasteiger partial charge in [-0.05, 0) is 54.4 Å². The molecule has 0 aliphatic rings. The van der Waals surface area contributed by atoms with Crippen molar-refractivity contribution in [3.05, 3.63) is 65.5 Å². The summed E-state index contributed by atoms with van der Waals surface area (Å²) in [5, 5.41) is 3.90. The van der Waals surface area contributed by atoms with Gasteiger partial charge in [0.15, 0.2) is 0 Å². The number of unbranched alkanes of at least 4 members (excludes halogenated alkanes) is 5. The van der Waals surface area contributed by atoms with Crippen molar-refractivity contribution >= 4 is 12.1 Å². The van der Waals surface area contributed by atoms with E-state index in [1.54, 1.807) is 0 Å². The minimum Gasteiger partial charge on any atom is -0.494 e. The lowest BCUT2D eigenvalue weighted by Crippen LogP contribution is -2.17. The molecule has 144 valence electrons. The van der Waals surface area contributed by atoms with E-state index in [0.29, 0.717) is 0 Å². The standard InChI is InChI=1S/C22H27FN2O2/c1-2-3-4-5-6-7-15-27-21-13-11-18(12-14-21)17-24-25-22(26)19-9-8-10-20(23)16-19/h8-14,16-17H,2-7,15H2,1H3,(H,25,26)/b24-17+. The fourth-order valence-corrected chi connectivity index (χ4v) is 2.58. The number of hydrogen-bond donors (Lipinski definition) is 1. The number of hydrazone groups is 1. The van der Waals surface area contributed by atoms with Gasteiger partial charge in [0, 0.05) is 5.56 Å². The van der Waals surface area contributed by atoms with Crippen LogP contribution in [0.4, 0.5) is 4.39 Å². The van der Waals surface area contributed by atoms with Crippen LogP contribution in [0, 0.1) is 5.82 Å². The maximum atomic E-state index is 13.1. The van der Waals surface area contributed by atoms with E-state index >= 15 is 0 Å². The number of hydrogen-bond acceptors (Lipinski definition) is 3. The summed E-state index contributed by atoms with van der Waals surface area (Å²) in [5.41, 5.74) is 3.45. The number of benzene rings is 2. The van der Waals surface area contributed by atoms with Crippen LogP contribution in [0.15, 0.2) is 53.6 Å². The first-order chi connectivity index (χ1) is 13.2. The summed E-state index contributed by atoms with van der Waals surface area (Å²) in [6.07, 6.45) is 8.96. The van der Waals surface area contributed by atoms with Gasteiger partial charge in [-0.2, -0.15) is 5.10 Å². The van der Waals surface area contributed by atoms with E-state index in [1.165, 1.54) is 62.6 Å². The van der Waals surface area contributed by atoms with Crippen molar-refractivity contribution in [1.82, 2.24) is 5.43 Å². The Balaban J connectivity index is 1.70. The Bertz CT molecular complexity index is 729. The normalized spacial score (nSPS) is 10.9. The van der Waals surface area contributed by atoms with Crippen molar-refractivity contribution < 1.29 is 13.9 Å². The fraction of sp³-hybridized carbons (Fsp3) is 0.364. The third-order valence-corrected chi connectivity index (χ3v) is 4.11. The number of amides is 1. The Labute approximate surface area is 160 Å². The van der Waals surface area contributed by atoms with Crippen molar-refractivity contribution in [1.29, 1.82) is 0 Å². The average Bonchev–Trinajstić information content (AvgIpc) is 2.68. The molecule has 2 aromatic carbocycles. The van der Waals surface area contributed by atoms with Crippen molar-refractivity contribution in [3.8, 4) is 5.75 Å². The second kappa shape index (κ2) is 11.8. The summed E-state index contributed by atoms with van der Waals surface area (Å²) in [6.45, 7) is 2.94. The molecule has 4 nitrogen and oxygen atoms in total. The van der Waals surface area contributed by atoms with Crippen molar-refractivity contribution in [2.45, 2.75) is 45.4 Å². The summed E-state index contributed by atoms with van der Waals surface area (Å²) in [6, 6.07) is 13.0. The quantitative estimate of drug-likeness (QED) is 0.330. The SMILES string of the molecule is CCCCCCCCOc1ccc(/C=N/NC(=O)c2cccc(F)c2)cc1. The summed E-state index contributed by atoms with van der Waals surface area (Å²) in [4.78, 5) is 11.9. The van der Waals surface area contributed by atoms with Gasteiger partial charge < -0.3 is 4.74 Å². The van der Waals surface area contributed by atoms with Crippen LogP contribution in [0.1, 0.15) is 61.4 Å². The van der Waals surface area contributed by atoms with Gasteiger partial charge in [0.25, 0.3) is 5.91 Å². The largest absolute Gasteiger partial charge is 0.494 e. The van der Waals surface area contributed by atoms with E-state index in [2.05, 4.69) is 17.5 Å². The summed E-state index contributed by atoms with van der Waals surface area (Å²) in [7, 11) is 0. The predicted molar refractivity (Wildman–Crippen MR) is 107 cm³/mol. The Morgan fingerprint density at radius 1 is 1.07 bits per heavy atom. The highest BCUT2D eigenvalue weighted by atomic mass is 19.1. The molecule has 2 aromatic rings. The zero-order chi connectivity index (χ0) is 19.3. The molecule has 0 unspecified atom stereocenters. The third kappa shape index (κ3) is 8.03. The third-order valence-electron chi connectivity index (χ3n) is 4.11. The van der Waals surface area contributed by atoms with Crippen LogP contribution in [-0.4, -0.2) is 18.7 Å². The molecule has 0 fully saturated rings. The lowest BCUT2D eigenvalue weighted by molar-refractivity contribution is 0.0954. The van der Waals surface area contributed by atoms with Crippen LogP contribution in [0.25, 0.3) is 0 Å². The summed E-state index contributed by atoms with van der Waals surface area (Å²) < 4.78 is 18.8. The zero-order valence-corrected chi connectivity index (χ0v) is 15.8. The number of carbonyl (C=O) groups is 1. The van der Waals surface area contributed by atoms with E-state index in [4.69, 9.17) is 4.74 Å². The molecule has 0 aromatic heterocycles. The highest BCUT2D eigenvalue weighted by Gasteiger charge is 2.04. The lowest BCUT2D eigenvalue weighted by Gasteiger charge is -2.06. The summed E-state index contributed by atoms with van der Waals surface area (Å²) in [5.74, 6) is -0.0858. The van der Waals surface area contributed by atoms with Gasteiger partial charge >= 0.3 is 0 Å². The molecule has 2 rings (SSSR count). The van der Waals surface area contributed by atoms with Crippen LogP contribution in [0.5, 0.6) is 5.75 Å². The lowest BCUT2D eigenvalue weighted by atomic mass is 10.1. The van der Waals surface area contributed by atoms with Crippen molar-refractivity contribution in [2.75, 3.05) is 6.61 Å². The number of halogens is 1. The van der Waals surface area contributed by atoms with Crippen LogP contribution in [0.2, 0.25) is 0 Å². The molecule has 0 aliphatic heterocycles. The van der Waals surface area contributed by atoms with Gasteiger partial charge in [-0.15, -0.1) is 0 Å². The molecule has 0 radical (unpaired) electrons. The number of nitrogens with one attached hydrogen (secondary N) is 1. The molecule has 27 heavy (non-hydrogen) atoms. The molecule has 0 bridgehead atoms.